The minimum Gasteiger partial charge on any atom is -0.361 e. The van der Waals surface area contributed by atoms with Gasteiger partial charge in [0, 0.05) is 24.0 Å². The third-order valence-electron chi connectivity index (χ3n) is 4.65. The van der Waals surface area contributed by atoms with Gasteiger partial charge in [0.2, 0.25) is 0 Å². The number of rotatable bonds is 4. The Bertz CT molecular complexity index is 1050. The molecule has 0 fully saturated rings. The van der Waals surface area contributed by atoms with Crippen molar-refractivity contribution in [3.63, 3.8) is 0 Å². The maximum absolute atomic E-state index is 5.33. The minimum atomic E-state index is 0.804. The predicted molar refractivity (Wildman–Crippen MR) is 101 cm³/mol. The Morgan fingerprint density at radius 3 is 2.26 bits per heavy atom. The average Bonchev–Trinajstić information content (AvgIpc) is 3.32. The van der Waals surface area contributed by atoms with Crippen molar-refractivity contribution in [2.45, 2.75) is 20.8 Å². The van der Waals surface area contributed by atoms with Gasteiger partial charge >= 0.3 is 0 Å². The molecule has 0 amide bonds. The number of aromatic nitrogens is 6. The SMILES string of the molecule is Cc1ccc(-c2c(C)noc2C)cc1N(C)c1ccc(-n2nnnn2)cc1. The lowest BCUT2D eigenvalue weighted by Gasteiger charge is -2.22. The summed E-state index contributed by atoms with van der Waals surface area (Å²) in [5, 5.41) is 18.7. The lowest BCUT2D eigenvalue weighted by Crippen LogP contribution is -2.11. The Morgan fingerprint density at radius 1 is 0.926 bits per heavy atom. The molecule has 4 aromatic rings. The first-order chi connectivity index (χ1) is 13.0. The number of hydrogen-bond acceptors (Lipinski definition) is 7. The highest BCUT2D eigenvalue weighted by atomic mass is 16.5. The third kappa shape index (κ3) is 3.05. The molecule has 0 aliphatic carbocycles. The molecule has 136 valence electrons. The highest BCUT2D eigenvalue weighted by Crippen LogP contribution is 2.34. The third-order valence-corrected chi connectivity index (χ3v) is 4.65. The van der Waals surface area contributed by atoms with Gasteiger partial charge in [0.05, 0.1) is 11.4 Å². The Labute approximate surface area is 156 Å². The molecular formula is C19H19N7O. The number of benzene rings is 2. The zero-order chi connectivity index (χ0) is 19.0. The molecule has 0 radical (unpaired) electrons. The van der Waals surface area contributed by atoms with E-state index in [4.69, 9.17) is 4.52 Å². The molecule has 2 heterocycles. The number of anilines is 2. The molecule has 27 heavy (non-hydrogen) atoms. The monoisotopic (exact) mass is 361 g/mol. The van der Waals surface area contributed by atoms with E-state index in [1.165, 1.54) is 10.4 Å². The van der Waals surface area contributed by atoms with E-state index in [0.29, 0.717) is 0 Å². The Hall–Kier alpha value is -3.55. The molecule has 4 rings (SSSR count). The molecule has 2 aromatic carbocycles. The van der Waals surface area contributed by atoms with Gasteiger partial charge in [0.25, 0.3) is 0 Å². The lowest BCUT2D eigenvalue weighted by atomic mass is 10.0. The van der Waals surface area contributed by atoms with Gasteiger partial charge in [-0.1, -0.05) is 17.3 Å². The van der Waals surface area contributed by atoms with Crippen LogP contribution in [0.4, 0.5) is 11.4 Å². The minimum absolute atomic E-state index is 0.804. The highest BCUT2D eigenvalue weighted by molar-refractivity contribution is 5.76. The van der Waals surface area contributed by atoms with E-state index in [1.807, 2.05) is 45.2 Å². The van der Waals surface area contributed by atoms with Crippen molar-refractivity contribution < 1.29 is 4.52 Å². The largest absolute Gasteiger partial charge is 0.361 e. The normalized spacial score (nSPS) is 11.0. The van der Waals surface area contributed by atoms with Gasteiger partial charge in [-0.05, 0) is 83.1 Å². The van der Waals surface area contributed by atoms with Crippen LogP contribution in [0.15, 0.2) is 47.0 Å². The van der Waals surface area contributed by atoms with Crippen molar-refractivity contribution in [1.29, 1.82) is 0 Å². The van der Waals surface area contributed by atoms with Crippen LogP contribution in [-0.4, -0.2) is 37.9 Å². The van der Waals surface area contributed by atoms with Crippen molar-refractivity contribution in [1.82, 2.24) is 30.8 Å². The molecule has 0 saturated heterocycles. The van der Waals surface area contributed by atoms with E-state index in [1.54, 1.807) is 0 Å². The van der Waals surface area contributed by atoms with Crippen LogP contribution in [0.1, 0.15) is 17.0 Å². The number of aryl methyl sites for hydroxylation is 3. The van der Waals surface area contributed by atoms with Crippen molar-refractivity contribution >= 4 is 11.4 Å². The van der Waals surface area contributed by atoms with Crippen LogP contribution in [-0.2, 0) is 0 Å². The first-order valence-corrected chi connectivity index (χ1v) is 8.54. The zero-order valence-corrected chi connectivity index (χ0v) is 15.6. The topological polar surface area (TPSA) is 85.8 Å². The smallest absolute Gasteiger partial charge is 0.141 e. The van der Waals surface area contributed by atoms with E-state index < -0.39 is 0 Å². The summed E-state index contributed by atoms with van der Waals surface area (Å²) in [7, 11) is 2.05. The molecular weight excluding hydrogens is 342 g/mol. The van der Waals surface area contributed by atoms with Gasteiger partial charge < -0.3 is 9.42 Å². The summed E-state index contributed by atoms with van der Waals surface area (Å²) in [4.78, 5) is 3.53. The van der Waals surface area contributed by atoms with E-state index in [-0.39, 0.29) is 0 Å². The second kappa shape index (κ2) is 6.64. The van der Waals surface area contributed by atoms with E-state index in [2.05, 4.69) is 56.0 Å². The summed E-state index contributed by atoms with van der Waals surface area (Å²) < 4.78 is 5.33. The molecule has 0 unspecified atom stereocenters. The van der Waals surface area contributed by atoms with Crippen LogP contribution in [0.2, 0.25) is 0 Å². The summed E-state index contributed by atoms with van der Waals surface area (Å²) in [5.74, 6) is 0.822. The molecule has 2 aromatic heterocycles. The fourth-order valence-corrected chi connectivity index (χ4v) is 3.20. The quantitative estimate of drug-likeness (QED) is 0.550. The van der Waals surface area contributed by atoms with Crippen LogP contribution in [0.3, 0.4) is 0 Å². The van der Waals surface area contributed by atoms with Crippen molar-refractivity contribution in [2.75, 3.05) is 11.9 Å². The van der Waals surface area contributed by atoms with Gasteiger partial charge in [-0.25, -0.2) is 0 Å². The first kappa shape index (κ1) is 16.9. The molecule has 0 N–H and O–H groups in total. The van der Waals surface area contributed by atoms with Gasteiger partial charge in [0.1, 0.15) is 5.76 Å². The van der Waals surface area contributed by atoms with Crippen molar-refractivity contribution in [2.24, 2.45) is 0 Å². The van der Waals surface area contributed by atoms with Crippen LogP contribution in [0.5, 0.6) is 0 Å². The second-order valence-corrected chi connectivity index (χ2v) is 6.42. The fraction of sp³-hybridized carbons (Fsp3) is 0.211. The number of hydrogen-bond donors (Lipinski definition) is 0. The van der Waals surface area contributed by atoms with Gasteiger partial charge in [-0.2, -0.15) is 0 Å². The Morgan fingerprint density at radius 2 is 1.63 bits per heavy atom. The molecule has 8 nitrogen and oxygen atoms in total. The molecule has 8 heteroatoms. The summed E-state index contributed by atoms with van der Waals surface area (Å²) in [6.45, 7) is 5.99. The first-order valence-electron chi connectivity index (χ1n) is 8.54. The van der Waals surface area contributed by atoms with Crippen LogP contribution >= 0.6 is 0 Å². The molecule has 0 spiro atoms. The summed E-state index contributed by atoms with van der Waals surface area (Å²) >= 11 is 0. The molecule has 0 atom stereocenters. The van der Waals surface area contributed by atoms with Gasteiger partial charge in [0.15, 0.2) is 0 Å². The van der Waals surface area contributed by atoms with Crippen molar-refractivity contribution in [3.8, 4) is 16.8 Å². The van der Waals surface area contributed by atoms with Gasteiger partial charge in [-0.3, -0.25) is 0 Å². The second-order valence-electron chi connectivity index (χ2n) is 6.42. The van der Waals surface area contributed by atoms with Crippen LogP contribution < -0.4 is 4.90 Å². The highest BCUT2D eigenvalue weighted by Gasteiger charge is 2.15. The fourth-order valence-electron chi connectivity index (χ4n) is 3.20. The van der Waals surface area contributed by atoms with Crippen molar-refractivity contribution in [3.05, 3.63) is 59.5 Å². The lowest BCUT2D eigenvalue weighted by molar-refractivity contribution is 0.393. The zero-order valence-electron chi connectivity index (χ0n) is 15.6. The molecule has 0 saturated carbocycles. The maximum Gasteiger partial charge on any atom is 0.141 e. The van der Waals surface area contributed by atoms with Crippen LogP contribution in [0, 0.1) is 20.8 Å². The van der Waals surface area contributed by atoms with Crippen LogP contribution in [0.25, 0.3) is 16.8 Å². The summed E-state index contributed by atoms with van der Waals surface area (Å²) in [6.07, 6.45) is 0. The average molecular weight is 361 g/mol. The summed E-state index contributed by atoms with van der Waals surface area (Å²) in [5.41, 5.74) is 7.17. The van der Waals surface area contributed by atoms with Gasteiger partial charge in [-0.15, -0.1) is 4.80 Å². The molecule has 0 bridgehead atoms. The Balaban J connectivity index is 1.69. The maximum atomic E-state index is 5.33. The standard InChI is InChI=1S/C19H19N7O/c1-12-5-6-15(19-13(2)20-27-14(19)3)11-18(12)25(4)16-7-9-17(10-8-16)26-23-21-22-24-26/h5-11H,1-4H3. The summed E-state index contributed by atoms with van der Waals surface area (Å²) in [6, 6.07) is 14.3. The molecule has 0 aliphatic rings. The molecule has 0 aliphatic heterocycles. The number of nitrogens with zero attached hydrogens (tertiary/aromatic N) is 7. The van der Waals surface area contributed by atoms with E-state index in [0.717, 1.165) is 39.6 Å². The predicted octanol–water partition coefficient (Wildman–Crippen LogP) is 3.41. The van der Waals surface area contributed by atoms with E-state index >= 15 is 0 Å². The van der Waals surface area contributed by atoms with E-state index in [9.17, 15) is 0 Å². The Kier molecular flexibility index (Phi) is 4.15.